The van der Waals surface area contributed by atoms with Crippen molar-refractivity contribution in [3.8, 4) is 0 Å². The lowest BCUT2D eigenvalue weighted by atomic mass is 10.3. The number of carbonyl (C=O) groups is 1. The van der Waals surface area contributed by atoms with Gasteiger partial charge in [-0.15, -0.1) is 0 Å². The van der Waals surface area contributed by atoms with Crippen LogP contribution in [0.25, 0.3) is 0 Å². The minimum Gasteiger partial charge on any atom is -0.393 e. The van der Waals surface area contributed by atoms with Crippen molar-refractivity contribution in [3.63, 3.8) is 0 Å². The van der Waals surface area contributed by atoms with Gasteiger partial charge in [0.2, 0.25) is 0 Å². The molecule has 8 heteroatoms. The van der Waals surface area contributed by atoms with Gasteiger partial charge in [0.05, 0.1) is 21.6 Å². The first-order valence-corrected chi connectivity index (χ1v) is 7.38. The van der Waals surface area contributed by atoms with Gasteiger partial charge in [-0.05, 0) is 18.2 Å². The number of nitrogens with one attached hydrogen (secondary N) is 1. The normalized spacial score (nSPS) is 10.2. The summed E-state index contributed by atoms with van der Waals surface area (Å²) in [7, 11) is 1.57. The number of anilines is 1. The van der Waals surface area contributed by atoms with E-state index in [9.17, 15) is 4.79 Å². The van der Waals surface area contributed by atoms with E-state index in [1.807, 2.05) is 0 Å². The molecular weight excluding hydrogens is 333 g/mol. The Hall–Kier alpha value is -1.08. The second-order valence-electron chi connectivity index (χ2n) is 4.26. The number of ether oxygens (including phenoxy) is 1. The number of halogens is 2. The van der Waals surface area contributed by atoms with E-state index in [1.165, 1.54) is 0 Å². The van der Waals surface area contributed by atoms with Gasteiger partial charge in [0.1, 0.15) is 0 Å². The number of urea groups is 1. The van der Waals surface area contributed by atoms with Crippen LogP contribution in [0.5, 0.6) is 0 Å². The van der Waals surface area contributed by atoms with Gasteiger partial charge in [0.25, 0.3) is 0 Å². The zero-order valence-electron chi connectivity index (χ0n) is 11.6. The Balaban J connectivity index is 2.69. The second-order valence-corrected chi connectivity index (χ2v) is 5.59. The minimum atomic E-state index is -0.276. The van der Waals surface area contributed by atoms with Crippen LogP contribution in [0.2, 0.25) is 10.0 Å². The number of hydrogen-bond acceptors (Lipinski definition) is 3. The second kappa shape index (κ2) is 9.04. The van der Waals surface area contributed by atoms with Crippen LogP contribution in [-0.4, -0.2) is 42.7 Å². The third-order valence-electron chi connectivity index (χ3n) is 2.65. The highest BCUT2D eigenvalue weighted by atomic mass is 35.5. The average molecular weight is 350 g/mol. The fraction of sp³-hybridized carbons (Fsp3) is 0.385. The van der Waals surface area contributed by atoms with Crippen LogP contribution in [0.1, 0.15) is 6.42 Å². The Kier molecular flexibility index (Phi) is 7.74. The van der Waals surface area contributed by atoms with Crippen LogP contribution in [0.3, 0.4) is 0 Å². The van der Waals surface area contributed by atoms with Crippen LogP contribution < -0.4 is 11.1 Å². The molecule has 0 aromatic heterocycles. The molecule has 1 aromatic carbocycles. The van der Waals surface area contributed by atoms with Crippen molar-refractivity contribution in [2.45, 2.75) is 6.42 Å². The molecular formula is C13H17Cl2N3O2S. The molecule has 5 nitrogen and oxygen atoms in total. The summed E-state index contributed by atoms with van der Waals surface area (Å²) < 4.78 is 4.99. The van der Waals surface area contributed by atoms with E-state index in [1.54, 1.807) is 30.2 Å². The number of methoxy groups -OCH3 is 1. The van der Waals surface area contributed by atoms with Crippen molar-refractivity contribution >= 4 is 52.1 Å². The van der Waals surface area contributed by atoms with Gasteiger partial charge in [-0.2, -0.15) is 0 Å². The van der Waals surface area contributed by atoms with Crippen LogP contribution >= 0.6 is 35.4 Å². The zero-order chi connectivity index (χ0) is 15.8. The minimum absolute atomic E-state index is 0.276. The third kappa shape index (κ3) is 6.48. The Morgan fingerprint density at radius 1 is 1.38 bits per heavy atom. The smallest absolute Gasteiger partial charge is 0.321 e. The summed E-state index contributed by atoms with van der Waals surface area (Å²) >= 11 is 16.6. The summed E-state index contributed by atoms with van der Waals surface area (Å²) in [6.45, 7) is 1.28. The van der Waals surface area contributed by atoms with E-state index in [4.69, 9.17) is 45.9 Å². The first-order valence-electron chi connectivity index (χ1n) is 6.22. The molecule has 0 spiro atoms. The first kappa shape index (κ1) is 18.0. The van der Waals surface area contributed by atoms with Crippen LogP contribution in [0, 0.1) is 0 Å². The van der Waals surface area contributed by atoms with Crippen LogP contribution in [0.15, 0.2) is 18.2 Å². The van der Waals surface area contributed by atoms with E-state index < -0.39 is 0 Å². The highest BCUT2D eigenvalue weighted by molar-refractivity contribution is 7.80. The molecule has 21 heavy (non-hydrogen) atoms. The quantitative estimate of drug-likeness (QED) is 0.742. The number of rotatable bonds is 7. The molecule has 0 bridgehead atoms. The van der Waals surface area contributed by atoms with Crippen molar-refractivity contribution in [3.05, 3.63) is 28.2 Å². The monoisotopic (exact) mass is 349 g/mol. The van der Waals surface area contributed by atoms with Gasteiger partial charge in [-0.25, -0.2) is 4.79 Å². The molecule has 0 unspecified atom stereocenters. The molecule has 1 rings (SSSR count). The molecule has 0 saturated carbocycles. The first-order chi connectivity index (χ1) is 9.93. The fourth-order valence-electron chi connectivity index (χ4n) is 1.54. The highest BCUT2D eigenvalue weighted by Crippen LogP contribution is 2.25. The molecule has 0 fully saturated rings. The van der Waals surface area contributed by atoms with E-state index in [0.717, 1.165) is 0 Å². The SMILES string of the molecule is COCCN(CCC(N)=S)C(=O)Nc1ccc(Cl)c(Cl)c1. The fourth-order valence-corrected chi connectivity index (χ4v) is 1.93. The lowest BCUT2D eigenvalue weighted by Gasteiger charge is -2.22. The number of benzene rings is 1. The van der Waals surface area contributed by atoms with Crippen molar-refractivity contribution in [1.29, 1.82) is 0 Å². The number of nitrogens with zero attached hydrogens (tertiary/aromatic N) is 1. The van der Waals surface area contributed by atoms with Gasteiger partial charge in [0, 0.05) is 32.3 Å². The maximum absolute atomic E-state index is 12.2. The van der Waals surface area contributed by atoms with Gasteiger partial charge in [-0.1, -0.05) is 35.4 Å². The summed E-state index contributed by atoms with van der Waals surface area (Å²) in [6.07, 6.45) is 0.452. The standard InChI is InChI=1S/C13H17Cl2N3O2S/c1-20-7-6-18(5-4-12(16)21)13(19)17-9-2-3-10(14)11(15)8-9/h2-3,8H,4-7H2,1H3,(H2,16,21)(H,17,19). The topological polar surface area (TPSA) is 67.6 Å². The maximum Gasteiger partial charge on any atom is 0.321 e. The number of nitrogens with two attached hydrogens (primary N) is 1. The average Bonchev–Trinajstić information content (AvgIpc) is 2.42. The number of thiocarbonyl (C=S) groups is 1. The Labute approximate surface area is 139 Å². The molecule has 0 atom stereocenters. The van der Waals surface area contributed by atoms with Crippen LogP contribution in [-0.2, 0) is 4.74 Å². The summed E-state index contributed by atoms with van der Waals surface area (Å²) in [4.78, 5) is 14.2. The molecule has 2 amide bonds. The van der Waals surface area contributed by atoms with Crippen molar-refractivity contribution < 1.29 is 9.53 Å². The summed E-state index contributed by atoms with van der Waals surface area (Å²) in [6, 6.07) is 4.60. The predicted molar refractivity (Wildman–Crippen MR) is 90.3 cm³/mol. The number of amides is 2. The largest absolute Gasteiger partial charge is 0.393 e. The molecule has 0 saturated heterocycles. The van der Waals surface area contributed by atoms with E-state index >= 15 is 0 Å². The van der Waals surface area contributed by atoms with Gasteiger partial charge < -0.3 is 20.7 Å². The molecule has 3 N–H and O–H groups in total. The van der Waals surface area contributed by atoms with Crippen LogP contribution in [0.4, 0.5) is 10.5 Å². The van der Waals surface area contributed by atoms with Gasteiger partial charge >= 0.3 is 6.03 Å². The summed E-state index contributed by atoms with van der Waals surface area (Å²) in [5.74, 6) is 0. The molecule has 0 radical (unpaired) electrons. The van der Waals surface area contributed by atoms with Gasteiger partial charge in [-0.3, -0.25) is 0 Å². The van der Waals surface area contributed by atoms with Crippen molar-refractivity contribution in [2.24, 2.45) is 5.73 Å². The van der Waals surface area contributed by atoms with E-state index in [-0.39, 0.29) is 6.03 Å². The molecule has 116 valence electrons. The van der Waals surface area contributed by atoms with Crippen molar-refractivity contribution in [2.75, 3.05) is 32.1 Å². The molecule has 1 aromatic rings. The zero-order valence-corrected chi connectivity index (χ0v) is 13.9. The van der Waals surface area contributed by atoms with E-state index in [2.05, 4.69) is 5.32 Å². The van der Waals surface area contributed by atoms with Gasteiger partial charge in [0.15, 0.2) is 0 Å². The Bertz CT molecular complexity index is 514. The molecule has 0 aliphatic rings. The van der Waals surface area contributed by atoms with Crippen molar-refractivity contribution in [1.82, 2.24) is 4.90 Å². The Morgan fingerprint density at radius 3 is 2.67 bits per heavy atom. The Morgan fingerprint density at radius 2 is 2.10 bits per heavy atom. The summed E-state index contributed by atoms with van der Waals surface area (Å²) in [5, 5.41) is 3.55. The number of carbonyl (C=O) groups excluding carboxylic acids is 1. The lowest BCUT2D eigenvalue weighted by molar-refractivity contribution is 0.156. The third-order valence-corrected chi connectivity index (χ3v) is 3.59. The summed E-state index contributed by atoms with van der Waals surface area (Å²) in [5.41, 5.74) is 6.03. The number of hydrogen-bond donors (Lipinski definition) is 2. The highest BCUT2D eigenvalue weighted by Gasteiger charge is 2.14. The molecule has 0 heterocycles. The maximum atomic E-state index is 12.2. The molecule has 0 aliphatic carbocycles. The lowest BCUT2D eigenvalue weighted by Crippen LogP contribution is -2.39. The molecule has 0 aliphatic heterocycles. The van der Waals surface area contributed by atoms with E-state index in [0.29, 0.717) is 46.8 Å². The predicted octanol–water partition coefficient (Wildman–Crippen LogP) is 3.15.